The fourth-order valence-corrected chi connectivity index (χ4v) is 4.03. The van der Waals surface area contributed by atoms with Gasteiger partial charge in [0.25, 0.3) is 5.91 Å². The number of aliphatic hydroxyl groups is 1. The van der Waals surface area contributed by atoms with E-state index in [1.54, 1.807) is 24.9 Å². The van der Waals surface area contributed by atoms with Crippen LogP contribution in [0.15, 0.2) is 54.6 Å². The van der Waals surface area contributed by atoms with Gasteiger partial charge in [0.1, 0.15) is 5.82 Å². The van der Waals surface area contributed by atoms with Crippen molar-refractivity contribution in [1.29, 1.82) is 0 Å². The zero-order valence-electron chi connectivity index (χ0n) is 16.1. The Morgan fingerprint density at radius 3 is 2.43 bits per heavy atom. The molecule has 0 radical (unpaired) electrons. The van der Waals surface area contributed by atoms with Crippen molar-refractivity contribution in [2.75, 3.05) is 20.2 Å². The van der Waals surface area contributed by atoms with Gasteiger partial charge in [-0.3, -0.25) is 9.59 Å². The van der Waals surface area contributed by atoms with Crippen LogP contribution in [0.1, 0.15) is 35.2 Å². The molecule has 3 rings (SSSR count). The van der Waals surface area contributed by atoms with Crippen LogP contribution in [-0.2, 0) is 4.79 Å². The van der Waals surface area contributed by atoms with Crippen molar-refractivity contribution in [3.05, 3.63) is 71.5 Å². The number of benzene rings is 2. The van der Waals surface area contributed by atoms with Gasteiger partial charge in [0.05, 0.1) is 18.7 Å². The summed E-state index contributed by atoms with van der Waals surface area (Å²) in [4.78, 5) is 28.4. The third-order valence-electron chi connectivity index (χ3n) is 5.38. The summed E-state index contributed by atoms with van der Waals surface area (Å²) < 4.78 is 13.5. The summed E-state index contributed by atoms with van der Waals surface area (Å²) in [5.74, 6) is -0.886. The SMILES string of the molecule is CCC(=O)N1[C@H](CN(C)C(=O)c2cccc(F)c2)[C@@H](c2ccccc2)[C@@H]1CO. The molecule has 0 saturated carbocycles. The molecule has 2 amide bonds. The molecule has 0 bridgehead atoms. The molecule has 6 heteroatoms. The Hall–Kier alpha value is -2.73. The molecule has 1 N–H and O–H groups in total. The normalized spacial score (nSPS) is 21.1. The number of carbonyl (C=O) groups is 2. The molecule has 28 heavy (non-hydrogen) atoms. The van der Waals surface area contributed by atoms with Gasteiger partial charge in [-0.25, -0.2) is 4.39 Å². The second-order valence-corrected chi connectivity index (χ2v) is 7.10. The quantitative estimate of drug-likeness (QED) is 0.833. The minimum atomic E-state index is -0.465. The molecule has 3 atom stereocenters. The standard InChI is InChI=1S/C22H25FN2O3/c1-3-20(27)25-18(21(19(25)14-26)15-8-5-4-6-9-15)13-24(2)22(28)16-10-7-11-17(23)12-16/h4-12,18-19,21,26H,3,13-14H2,1-2H3/t18-,19+,21-/m1/s1. The van der Waals surface area contributed by atoms with Crippen molar-refractivity contribution in [2.24, 2.45) is 0 Å². The molecular weight excluding hydrogens is 359 g/mol. The molecule has 2 aromatic carbocycles. The highest BCUT2D eigenvalue weighted by Gasteiger charge is 2.51. The first-order chi connectivity index (χ1) is 13.5. The fourth-order valence-electron chi connectivity index (χ4n) is 4.03. The molecule has 0 unspecified atom stereocenters. The van der Waals surface area contributed by atoms with Crippen LogP contribution < -0.4 is 0 Å². The zero-order chi connectivity index (χ0) is 20.3. The lowest BCUT2D eigenvalue weighted by Crippen LogP contribution is -2.68. The maximum absolute atomic E-state index is 13.5. The van der Waals surface area contributed by atoms with Crippen molar-refractivity contribution in [3.63, 3.8) is 0 Å². The Kier molecular flexibility index (Phi) is 6.09. The van der Waals surface area contributed by atoms with Crippen LogP contribution in [0.3, 0.4) is 0 Å². The van der Waals surface area contributed by atoms with E-state index in [2.05, 4.69) is 0 Å². The van der Waals surface area contributed by atoms with Crippen LogP contribution >= 0.6 is 0 Å². The van der Waals surface area contributed by atoms with Crippen molar-refractivity contribution < 1.29 is 19.1 Å². The first kappa shape index (κ1) is 20.0. The van der Waals surface area contributed by atoms with Crippen molar-refractivity contribution in [3.8, 4) is 0 Å². The minimum Gasteiger partial charge on any atom is -0.394 e. The van der Waals surface area contributed by atoms with E-state index >= 15 is 0 Å². The highest BCUT2D eigenvalue weighted by molar-refractivity contribution is 5.94. The molecule has 1 saturated heterocycles. The third-order valence-corrected chi connectivity index (χ3v) is 5.38. The molecule has 1 fully saturated rings. The summed E-state index contributed by atoms with van der Waals surface area (Å²) >= 11 is 0. The molecule has 0 spiro atoms. The van der Waals surface area contributed by atoms with E-state index < -0.39 is 5.82 Å². The van der Waals surface area contributed by atoms with Gasteiger partial charge >= 0.3 is 0 Å². The molecule has 0 aromatic heterocycles. The summed E-state index contributed by atoms with van der Waals surface area (Å²) in [6.07, 6.45) is 0.329. The number of aliphatic hydroxyl groups excluding tert-OH is 1. The smallest absolute Gasteiger partial charge is 0.253 e. The van der Waals surface area contributed by atoms with Crippen LogP contribution in [0.5, 0.6) is 0 Å². The van der Waals surface area contributed by atoms with Crippen molar-refractivity contribution >= 4 is 11.8 Å². The monoisotopic (exact) mass is 384 g/mol. The molecule has 1 aliphatic rings. The van der Waals surface area contributed by atoms with Crippen molar-refractivity contribution in [2.45, 2.75) is 31.3 Å². The highest BCUT2D eigenvalue weighted by Crippen LogP contribution is 2.41. The number of carbonyl (C=O) groups excluding carboxylic acids is 2. The number of nitrogens with zero attached hydrogens (tertiary/aromatic N) is 2. The first-order valence-electron chi connectivity index (χ1n) is 9.46. The number of halogens is 1. The lowest BCUT2D eigenvalue weighted by molar-refractivity contribution is -0.151. The number of likely N-dealkylation sites (tertiary alicyclic amines) is 1. The molecule has 1 heterocycles. The predicted molar refractivity (Wildman–Crippen MR) is 104 cm³/mol. The van der Waals surface area contributed by atoms with E-state index in [1.165, 1.54) is 23.1 Å². The Bertz CT molecular complexity index is 843. The van der Waals surface area contributed by atoms with Gasteiger partial charge in [-0.05, 0) is 23.8 Å². The van der Waals surface area contributed by atoms with Crippen LogP contribution in [0, 0.1) is 5.82 Å². The Morgan fingerprint density at radius 2 is 1.82 bits per heavy atom. The summed E-state index contributed by atoms with van der Waals surface area (Å²) in [5, 5.41) is 9.89. The third kappa shape index (κ3) is 3.78. The van der Waals surface area contributed by atoms with Crippen molar-refractivity contribution in [1.82, 2.24) is 9.80 Å². The molecule has 148 valence electrons. The van der Waals surface area contributed by atoms with E-state index in [1.807, 2.05) is 30.3 Å². The van der Waals surface area contributed by atoms with E-state index in [9.17, 15) is 19.1 Å². The van der Waals surface area contributed by atoms with Gasteiger partial charge in [-0.1, -0.05) is 43.3 Å². The summed E-state index contributed by atoms with van der Waals surface area (Å²) in [7, 11) is 1.65. The summed E-state index contributed by atoms with van der Waals surface area (Å²) in [6, 6.07) is 14.7. The summed E-state index contributed by atoms with van der Waals surface area (Å²) in [5.41, 5.74) is 1.29. The lowest BCUT2D eigenvalue weighted by Gasteiger charge is -2.55. The number of rotatable bonds is 6. The number of amides is 2. The van der Waals surface area contributed by atoms with Gasteiger partial charge < -0.3 is 14.9 Å². The van der Waals surface area contributed by atoms with Crippen LogP contribution in [0.4, 0.5) is 4.39 Å². The Morgan fingerprint density at radius 1 is 1.11 bits per heavy atom. The molecule has 0 aliphatic carbocycles. The topological polar surface area (TPSA) is 60.9 Å². The van der Waals surface area contributed by atoms with Crippen LogP contribution in [0.25, 0.3) is 0 Å². The molecule has 2 aromatic rings. The maximum Gasteiger partial charge on any atom is 0.253 e. The van der Waals surface area contributed by atoms with Gasteiger partial charge in [0.15, 0.2) is 0 Å². The summed E-state index contributed by atoms with van der Waals surface area (Å²) in [6.45, 7) is 1.95. The number of hydrogen-bond acceptors (Lipinski definition) is 3. The average Bonchev–Trinajstić information content (AvgIpc) is 2.70. The molecular formula is C22H25FN2O3. The first-order valence-corrected chi connectivity index (χ1v) is 9.46. The number of likely N-dealkylation sites (N-methyl/N-ethyl adjacent to an activating group) is 1. The Balaban J connectivity index is 1.84. The zero-order valence-corrected chi connectivity index (χ0v) is 16.1. The van der Waals surface area contributed by atoms with E-state index in [-0.39, 0.29) is 42.0 Å². The largest absolute Gasteiger partial charge is 0.394 e. The second kappa shape index (κ2) is 8.52. The minimum absolute atomic E-state index is 0.0529. The average molecular weight is 384 g/mol. The van der Waals surface area contributed by atoms with Gasteiger partial charge in [0, 0.05) is 31.5 Å². The van der Waals surface area contributed by atoms with Gasteiger partial charge in [0.2, 0.25) is 5.91 Å². The fraction of sp³-hybridized carbons (Fsp3) is 0.364. The lowest BCUT2D eigenvalue weighted by atomic mass is 9.74. The second-order valence-electron chi connectivity index (χ2n) is 7.10. The van der Waals surface area contributed by atoms with E-state index in [4.69, 9.17) is 0 Å². The maximum atomic E-state index is 13.5. The highest BCUT2D eigenvalue weighted by atomic mass is 19.1. The molecule has 1 aliphatic heterocycles. The van der Waals surface area contributed by atoms with Crippen LogP contribution in [-0.4, -0.2) is 59.0 Å². The van der Waals surface area contributed by atoms with E-state index in [0.29, 0.717) is 13.0 Å². The Labute approximate surface area is 164 Å². The van der Waals surface area contributed by atoms with Crippen LogP contribution in [0.2, 0.25) is 0 Å². The van der Waals surface area contributed by atoms with Gasteiger partial charge in [-0.2, -0.15) is 0 Å². The molecule has 5 nitrogen and oxygen atoms in total. The number of hydrogen-bond donors (Lipinski definition) is 1. The van der Waals surface area contributed by atoms with Gasteiger partial charge in [-0.15, -0.1) is 0 Å². The van der Waals surface area contributed by atoms with E-state index in [0.717, 1.165) is 5.56 Å². The predicted octanol–water partition coefficient (Wildman–Crippen LogP) is 2.66.